The molecule has 0 spiro atoms. The third-order valence-electron chi connectivity index (χ3n) is 6.48. The molecule has 5 rings (SSSR count). The molecule has 2 aromatic heterocycles. The van der Waals surface area contributed by atoms with Crippen molar-refractivity contribution >= 4 is 17.4 Å². The van der Waals surface area contributed by atoms with Gasteiger partial charge in [-0.05, 0) is 73.4 Å². The van der Waals surface area contributed by atoms with Crippen LogP contribution in [0.5, 0.6) is 0 Å². The van der Waals surface area contributed by atoms with Gasteiger partial charge in [0.2, 0.25) is 0 Å². The van der Waals surface area contributed by atoms with Crippen molar-refractivity contribution in [2.24, 2.45) is 0 Å². The van der Waals surface area contributed by atoms with Gasteiger partial charge in [0.1, 0.15) is 11.6 Å². The molecule has 0 aliphatic carbocycles. The van der Waals surface area contributed by atoms with Gasteiger partial charge >= 0.3 is 6.18 Å². The molecule has 1 aliphatic heterocycles. The van der Waals surface area contributed by atoms with Gasteiger partial charge in [0.25, 0.3) is 0 Å². The van der Waals surface area contributed by atoms with E-state index >= 15 is 0 Å². The largest absolute Gasteiger partial charge is 0.418 e. The smallest absolute Gasteiger partial charge is 0.354 e. The van der Waals surface area contributed by atoms with Crippen LogP contribution in [0.25, 0.3) is 33.6 Å². The van der Waals surface area contributed by atoms with Gasteiger partial charge in [-0.1, -0.05) is 35.9 Å². The second-order valence-corrected chi connectivity index (χ2v) is 9.29. The molecule has 1 fully saturated rings. The second-order valence-electron chi connectivity index (χ2n) is 8.89. The maximum absolute atomic E-state index is 13.8. The summed E-state index contributed by atoms with van der Waals surface area (Å²) in [7, 11) is 0. The Balaban J connectivity index is 1.58. The van der Waals surface area contributed by atoms with Crippen LogP contribution in [0.4, 0.5) is 23.4 Å². The van der Waals surface area contributed by atoms with Gasteiger partial charge in [0, 0.05) is 29.9 Å². The van der Waals surface area contributed by atoms with E-state index in [9.17, 15) is 17.6 Å². The quantitative estimate of drug-likeness (QED) is 0.258. The number of halogens is 5. The fourth-order valence-electron chi connectivity index (χ4n) is 4.59. The minimum Gasteiger partial charge on any atom is -0.354 e. The van der Waals surface area contributed by atoms with E-state index in [2.05, 4.69) is 16.8 Å². The van der Waals surface area contributed by atoms with Crippen molar-refractivity contribution in [3.05, 3.63) is 89.3 Å². The number of benzene rings is 2. The Morgan fingerprint density at radius 3 is 2.31 bits per heavy atom. The lowest BCUT2D eigenvalue weighted by atomic mass is 9.99. The molecule has 4 aromatic rings. The zero-order valence-electron chi connectivity index (χ0n) is 19.4. The number of rotatable bonds is 4. The summed E-state index contributed by atoms with van der Waals surface area (Å²) in [6, 6.07) is 17.8. The molecule has 1 saturated heterocycles. The van der Waals surface area contributed by atoms with Crippen molar-refractivity contribution < 1.29 is 17.6 Å². The lowest BCUT2D eigenvalue weighted by Gasteiger charge is -2.24. The van der Waals surface area contributed by atoms with Gasteiger partial charge in [-0.25, -0.2) is 9.37 Å². The number of hydrogen-bond acceptors (Lipinski definition) is 3. The fourth-order valence-corrected chi connectivity index (χ4v) is 4.77. The molecule has 1 aliphatic rings. The average Bonchev–Trinajstić information content (AvgIpc) is 3.31. The first-order valence-electron chi connectivity index (χ1n) is 11.6. The van der Waals surface area contributed by atoms with Gasteiger partial charge in [0.05, 0.1) is 22.0 Å². The maximum Gasteiger partial charge on any atom is 0.418 e. The number of pyridine rings is 2. The van der Waals surface area contributed by atoms with Crippen molar-refractivity contribution in [3.63, 3.8) is 0 Å². The van der Waals surface area contributed by atoms with Gasteiger partial charge in [-0.3, -0.25) is 4.98 Å². The molecule has 0 amide bonds. The highest BCUT2D eigenvalue weighted by molar-refractivity contribution is 6.31. The zero-order valence-corrected chi connectivity index (χ0v) is 20.1. The van der Waals surface area contributed by atoms with E-state index in [0.717, 1.165) is 42.4 Å². The Morgan fingerprint density at radius 1 is 0.917 bits per heavy atom. The molecule has 0 saturated carbocycles. The van der Waals surface area contributed by atoms with E-state index in [1.54, 1.807) is 36.4 Å². The lowest BCUT2D eigenvalue weighted by Crippen LogP contribution is -2.27. The average molecular weight is 512 g/mol. The third-order valence-corrected chi connectivity index (χ3v) is 6.77. The van der Waals surface area contributed by atoms with E-state index in [0.29, 0.717) is 22.9 Å². The van der Waals surface area contributed by atoms with Crippen LogP contribution in [0.2, 0.25) is 5.02 Å². The van der Waals surface area contributed by atoms with Crippen molar-refractivity contribution in [1.82, 2.24) is 9.97 Å². The SMILES string of the molecule is C[C@@H]1CCCN1c1cc(-c2ccc(-c3ncccc3C(F)(F)F)cc2)cc(-c2ccc(F)c(Cl)c2)n1. The van der Waals surface area contributed by atoms with Crippen LogP contribution in [-0.2, 0) is 6.18 Å². The second kappa shape index (κ2) is 9.54. The number of aromatic nitrogens is 2. The number of anilines is 1. The maximum atomic E-state index is 13.8. The summed E-state index contributed by atoms with van der Waals surface area (Å²) >= 11 is 6.03. The molecule has 2 aromatic carbocycles. The molecule has 0 bridgehead atoms. The molecule has 1 atom stereocenters. The van der Waals surface area contributed by atoms with Gasteiger partial charge < -0.3 is 4.90 Å². The minimum atomic E-state index is -4.50. The monoisotopic (exact) mass is 511 g/mol. The van der Waals surface area contributed by atoms with Gasteiger partial charge in [-0.2, -0.15) is 13.2 Å². The van der Waals surface area contributed by atoms with Crippen molar-refractivity contribution in [2.45, 2.75) is 32.0 Å². The molecule has 3 nitrogen and oxygen atoms in total. The molecular weight excluding hydrogens is 490 g/mol. The highest BCUT2D eigenvalue weighted by atomic mass is 35.5. The van der Waals surface area contributed by atoms with Crippen LogP contribution in [0.15, 0.2) is 72.9 Å². The number of nitrogens with zero attached hydrogens (tertiary/aromatic N) is 3. The molecule has 36 heavy (non-hydrogen) atoms. The van der Waals surface area contributed by atoms with E-state index in [4.69, 9.17) is 16.6 Å². The predicted molar refractivity (Wildman–Crippen MR) is 134 cm³/mol. The summed E-state index contributed by atoms with van der Waals surface area (Å²) in [5.41, 5.74) is 2.46. The fraction of sp³-hybridized carbons (Fsp3) is 0.214. The van der Waals surface area contributed by atoms with Crippen molar-refractivity contribution in [3.8, 4) is 33.6 Å². The van der Waals surface area contributed by atoms with E-state index < -0.39 is 17.6 Å². The van der Waals surface area contributed by atoms with Crippen LogP contribution in [0.1, 0.15) is 25.3 Å². The Labute approximate surface area is 211 Å². The van der Waals surface area contributed by atoms with Crippen LogP contribution in [0.3, 0.4) is 0 Å². The number of hydrogen-bond donors (Lipinski definition) is 0. The summed E-state index contributed by atoms with van der Waals surface area (Å²) in [6.45, 7) is 3.02. The summed E-state index contributed by atoms with van der Waals surface area (Å²) < 4.78 is 54.2. The Kier molecular flexibility index (Phi) is 6.43. The summed E-state index contributed by atoms with van der Waals surface area (Å²) in [5, 5.41) is 0.0102. The highest BCUT2D eigenvalue weighted by Crippen LogP contribution is 2.37. The Morgan fingerprint density at radius 2 is 1.64 bits per heavy atom. The molecule has 8 heteroatoms. The topological polar surface area (TPSA) is 29.0 Å². The van der Waals surface area contributed by atoms with Gasteiger partial charge in [0.15, 0.2) is 0 Å². The predicted octanol–water partition coefficient (Wildman–Crippen LogP) is 8.28. The molecule has 3 heterocycles. The van der Waals surface area contributed by atoms with Crippen molar-refractivity contribution in [1.29, 1.82) is 0 Å². The Hall–Kier alpha value is -3.45. The summed E-state index contributed by atoms with van der Waals surface area (Å²) in [6.07, 6.45) is -1.03. The van der Waals surface area contributed by atoms with E-state index in [1.165, 1.54) is 18.3 Å². The first-order chi connectivity index (χ1) is 17.2. The molecule has 0 radical (unpaired) electrons. The molecule has 0 N–H and O–H groups in total. The van der Waals surface area contributed by atoms with Crippen LogP contribution in [0, 0.1) is 5.82 Å². The molecule has 0 unspecified atom stereocenters. The van der Waals surface area contributed by atoms with E-state index in [1.807, 2.05) is 12.1 Å². The van der Waals surface area contributed by atoms with Crippen molar-refractivity contribution in [2.75, 3.05) is 11.4 Å². The minimum absolute atomic E-state index is 0.0102. The highest BCUT2D eigenvalue weighted by Gasteiger charge is 2.34. The zero-order chi connectivity index (χ0) is 25.4. The Bertz CT molecular complexity index is 1400. The first-order valence-corrected chi connectivity index (χ1v) is 12.0. The van der Waals surface area contributed by atoms with Crippen LogP contribution < -0.4 is 4.90 Å². The third kappa shape index (κ3) is 4.80. The van der Waals surface area contributed by atoms with Crippen LogP contribution >= 0.6 is 11.6 Å². The first kappa shape index (κ1) is 24.3. The standard InChI is InChI=1S/C28H22ClF4N3/c1-17-4-3-13-36(17)26-16-21(15-25(35-26)20-10-11-24(30)23(29)14-20)18-6-8-19(9-7-18)27-22(28(31,32)33)5-2-12-34-27/h2,5-12,14-17H,3-4,13H2,1H3/t17-/m1/s1. The summed E-state index contributed by atoms with van der Waals surface area (Å²) in [5.74, 6) is 0.286. The normalized spacial score (nSPS) is 15.9. The lowest BCUT2D eigenvalue weighted by molar-refractivity contribution is -0.137. The summed E-state index contributed by atoms with van der Waals surface area (Å²) in [4.78, 5) is 11.1. The van der Waals surface area contributed by atoms with E-state index in [-0.39, 0.29) is 10.7 Å². The molecular formula is C28H22ClF4N3. The molecule has 184 valence electrons. The number of alkyl halides is 3. The van der Waals surface area contributed by atoms with Gasteiger partial charge in [-0.15, -0.1) is 0 Å². The van der Waals surface area contributed by atoms with Crippen LogP contribution in [-0.4, -0.2) is 22.6 Å².